The van der Waals surface area contributed by atoms with Crippen LogP contribution in [0.4, 0.5) is 4.79 Å². The van der Waals surface area contributed by atoms with E-state index in [2.05, 4.69) is 5.32 Å². The summed E-state index contributed by atoms with van der Waals surface area (Å²) < 4.78 is 0. The summed E-state index contributed by atoms with van der Waals surface area (Å²) in [5.41, 5.74) is -1.38. The first kappa shape index (κ1) is 20.9. The number of hydrogen-bond acceptors (Lipinski definition) is 3. The Hall–Kier alpha value is -1.82. The normalized spacial score (nSPS) is 26.0. The van der Waals surface area contributed by atoms with E-state index in [1.165, 1.54) is 32.1 Å². The molecule has 28 heavy (non-hydrogen) atoms. The summed E-state index contributed by atoms with van der Waals surface area (Å²) in [6.45, 7) is 0.870. The number of aliphatic carboxylic acids is 1. The fourth-order valence-electron chi connectivity index (χ4n) is 4.70. The Kier molecular flexibility index (Phi) is 6.81. The topological polar surface area (TPSA) is 89.9 Å². The quantitative estimate of drug-likeness (QED) is 0.562. The number of nitrogens with one attached hydrogen (secondary N) is 1. The summed E-state index contributed by atoms with van der Waals surface area (Å²) in [4.78, 5) is 26.5. The molecule has 0 spiro atoms. The van der Waals surface area contributed by atoms with Gasteiger partial charge in [0, 0.05) is 13.1 Å². The predicted molar refractivity (Wildman–Crippen MR) is 108 cm³/mol. The molecule has 2 saturated carbocycles. The SMILES string of the molecule is O=C(NC1(CC2(C(=O)O)CC2)C=CC=CC1)N(CCO)CCC1CCCCC1. The Morgan fingerprint density at radius 1 is 1.11 bits per heavy atom. The van der Waals surface area contributed by atoms with Crippen LogP contribution in [0.15, 0.2) is 24.3 Å². The van der Waals surface area contributed by atoms with Crippen LogP contribution in [-0.2, 0) is 4.79 Å². The second-order valence-corrected chi connectivity index (χ2v) is 8.84. The first-order valence-corrected chi connectivity index (χ1v) is 10.7. The smallest absolute Gasteiger partial charge is 0.318 e. The number of carbonyl (C=O) groups is 2. The van der Waals surface area contributed by atoms with Crippen LogP contribution < -0.4 is 5.32 Å². The molecule has 0 heterocycles. The number of carboxylic acid groups (broad SMARTS) is 1. The molecule has 6 heteroatoms. The summed E-state index contributed by atoms with van der Waals surface area (Å²) in [5.74, 6) is -0.107. The monoisotopic (exact) mass is 390 g/mol. The zero-order valence-corrected chi connectivity index (χ0v) is 16.7. The molecule has 0 saturated heterocycles. The molecule has 3 aliphatic carbocycles. The van der Waals surface area contributed by atoms with Gasteiger partial charge in [-0.05, 0) is 38.0 Å². The van der Waals surface area contributed by atoms with Crippen LogP contribution in [0.3, 0.4) is 0 Å². The molecule has 3 aliphatic rings. The third-order valence-corrected chi connectivity index (χ3v) is 6.65. The average molecular weight is 391 g/mol. The van der Waals surface area contributed by atoms with Crippen molar-refractivity contribution in [3.63, 3.8) is 0 Å². The van der Waals surface area contributed by atoms with Gasteiger partial charge in [0.25, 0.3) is 0 Å². The lowest BCUT2D eigenvalue weighted by atomic mass is 9.80. The fourth-order valence-corrected chi connectivity index (χ4v) is 4.70. The van der Waals surface area contributed by atoms with Gasteiger partial charge in [0.1, 0.15) is 0 Å². The first-order chi connectivity index (χ1) is 13.5. The van der Waals surface area contributed by atoms with E-state index < -0.39 is 16.9 Å². The molecule has 2 amide bonds. The first-order valence-electron chi connectivity index (χ1n) is 10.7. The van der Waals surface area contributed by atoms with Crippen molar-refractivity contribution in [3.05, 3.63) is 24.3 Å². The van der Waals surface area contributed by atoms with Crippen LogP contribution in [0.1, 0.15) is 64.2 Å². The van der Waals surface area contributed by atoms with E-state index in [4.69, 9.17) is 0 Å². The molecule has 0 aromatic carbocycles. The number of aliphatic hydroxyl groups excluding tert-OH is 1. The van der Waals surface area contributed by atoms with Gasteiger partial charge in [-0.25, -0.2) is 4.79 Å². The predicted octanol–water partition coefficient (Wildman–Crippen LogP) is 3.47. The Morgan fingerprint density at radius 2 is 1.86 bits per heavy atom. The zero-order chi connectivity index (χ0) is 20.0. The van der Waals surface area contributed by atoms with Gasteiger partial charge in [0.05, 0.1) is 17.6 Å². The minimum atomic E-state index is -0.770. The van der Waals surface area contributed by atoms with Gasteiger partial charge in [-0.3, -0.25) is 4.79 Å². The molecule has 0 aliphatic heterocycles. The number of urea groups is 1. The molecule has 0 bridgehead atoms. The van der Waals surface area contributed by atoms with Gasteiger partial charge < -0.3 is 20.4 Å². The third-order valence-electron chi connectivity index (χ3n) is 6.65. The number of aliphatic hydroxyl groups is 1. The van der Waals surface area contributed by atoms with Crippen molar-refractivity contribution in [2.45, 2.75) is 69.7 Å². The molecule has 1 atom stereocenters. The number of rotatable bonds is 9. The molecule has 156 valence electrons. The number of carbonyl (C=O) groups excluding carboxylic acids is 1. The van der Waals surface area contributed by atoms with Crippen molar-refractivity contribution < 1.29 is 19.8 Å². The maximum atomic E-state index is 13.1. The van der Waals surface area contributed by atoms with Crippen molar-refractivity contribution in [1.29, 1.82) is 0 Å². The van der Waals surface area contributed by atoms with Crippen LogP contribution in [0, 0.1) is 11.3 Å². The molecule has 3 rings (SSSR count). The maximum absolute atomic E-state index is 13.1. The lowest BCUT2D eigenvalue weighted by molar-refractivity contribution is -0.144. The molecule has 0 aromatic rings. The van der Waals surface area contributed by atoms with E-state index in [0.29, 0.717) is 44.7 Å². The van der Waals surface area contributed by atoms with E-state index in [1.807, 2.05) is 24.3 Å². The number of carboxylic acids is 1. The summed E-state index contributed by atoms with van der Waals surface area (Å²) in [7, 11) is 0. The Morgan fingerprint density at radius 3 is 2.43 bits per heavy atom. The van der Waals surface area contributed by atoms with Crippen LogP contribution in [-0.4, -0.2) is 52.3 Å². The summed E-state index contributed by atoms with van der Waals surface area (Å²) in [6.07, 6.45) is 17.4. The Balaban J connectivity index is 1.64. The molecule has 0 radical (unpaired) electrons. The highest BCUT2D eigenvalue weighted by molar-refractivity contribution is 5.79. The molecular formula is C22H34N2O4. The average Bonchev–Trinajstić information content (AvgIpc) is 3.47. The number of allylic oxidation sites excluding steroid dienone is 2. The minimum absolute atomic E-state index is 0.0696. The summed E-state index contributed by atoms with van der Waals surface area (Å²) in [6, 6.07) is -0.203. The molecule has 1 unspecified atom stereocenters. The van der Waals surface area contributed by atoms with Crippen molar-refractivity contribution in [2.24, 2.45) is 11.3 Å². The number of hydrogen-bond donors (Lipinski definition) is 3. The number of nitrogens with zero attached hydrogens (tertiary/aromatic N) is 1. The van der Waals surface area contributed by atoms with Crippen molar-refractivity contribution in [2.75, 3.05) is 19.7 Å². The fraction of sp³-hybridized carbons (Fsp3) is 0.727. The highest BCUT2D eigenvalue weighted by Crippen LogP contribution is 2.52. The van der Waals surface area contributed by atoms with Gasteiger partial charge in [-0.15, -0.1) is 0 Å². The lowest BCUT2D eigenvalue weighted by Gasteiger charge is -2.37. The summed E-state index contributed by atoms with van der Waals surface area (Å²) >= 11 is 0. The molecule has 6 nitrogen and oxygen atoms in total. The van der Waals surface area contributed by atoms with E-state index in [1.54, 1.807) is 4.90 Å². The Bertz CT molecular complexity index is 620. The molecule has 0 aromatic heterocycles. The van der Waals surface area contributed by atoms with Crippen molar-refractivity contribution in [1.82, 2.24) is 10.2 Å². The van der Waals surface area contributed by atoms with Crippen molar-refractivity contribution >= 4 is 12.0 Å². The Labute approximate surface area is 167 Å². The lowest BCUT2D eigenvalue weighted by Crippen LogP contribution is -2.54. The second kappa shape index (κ2) is 9.12. The minimum Gasteiger partial charge on any atom is -0.481 e. The van der Waals surface area contributed by atoms with Crippen LogP contribution in [0.25, 0.3) is 0 Å². The molecule has 2 fully saturated rings. The van der Waals surface area contributed by atoms with Gasteiger partial charge in [0.2, 0.25) is 0 Å². The van der Waals surface area contributed by atoms with E-state index in [9.17, 15) is 19.8 Å². The zero-order valence-electron chi connectivity index (χ0n) is 16.7. The standard InChI is InChI=1S/C22H34N2O4/c25-16-15-24(14-9-18-7-3-1-4-8-18)20(28)23-22(10-5-2-6-11-22)17-21(12-13-21)19(26)27/h2,5-6,10,18,25H,1,3-4,7-9,11-17H2,(H,23,28)(H,26,27). The van der Waals surface area contributed by atoms with Gasteiger partial charge in [-0.1, -0.05) is 56.4 Å². The van der Waals surface area contributed by atoms with Crippen LogP contribution >= 0.6 is 0 Å². The largest absolute Gasteiger partial charge is 0.481 e. The molecule has 3 N–H and O–H groups in total. The maximum Gasteiger partial charge on any atom is 0.318 e. The number of amides is 2. The van der Waals surface area contributed by atoms with Gasteiger partial charge >= 0.3 is 12.0 Å². The molecular weight excluding hydrogens is 356 g/mol. The van der Waals surface area contributed by atoms with E-state index in [-0.39, 0.29) is 12.6 Å². The highest BCUT2D eigenvalue weighted by Gasteiger charge is 2.54. The third kappa shape index (κ3) is 5.16. The van der Waals surface area contributed by atoms with Gasteiger partial charge in [-0.2, -0.15) is 0 Å². The second-order valence-electron chi connectivity index (χ2n) is 8.84. The van der Waals surface area contributed by atoms with Crippen LogP contribution in [0.5, 0.6) is 0 Å². The highest BCUT2D eigenvalue weighted by atomic mass is 16.4. The van der Waals surface area contributed by atoms with E-state index in [0.717, 1.165) is 6.42 Å². The van der Waals surface area contributed by atoms with E-state index >= 15 is 0 Å². The van der Waals surface area contributed by atoms with Crippen molar-refractivity contribution in [3.8, 4) is 0 Å². The van der Waals surface area contributed by atoms with Crippen LogP contribution in [0.2, 0.25) is 0 Å². The summed E-state index contributed by atoms with van der Waals surface area (Å²) in [5, 5.41) is 22.2. The van der Waals surface area contributed by atoms with Gasteiger partial charge in [0.15, 0.2) is 0 Å².